The zero-order chi connectivity index (χ0) is 14.1. The lowest BCUT2D eigenvalue weighted by molar-refractivity contribution is 0.102. The maximum atomic E-state index is 12.1. The van der Waals surface area contributed by atoms with Gasteiger partial charge in [-0.25, -0.2) is 0 Å². The van der Waals surface area contributed by atoms with Crippen LogP contribution < -0.4 is 14.8 Å². The predicted molar refractivity (Wildman–Crippen MR) is 73.6 cm³/mol. The Morgan fingerprint density at radius 1 is 1.25 bits per heavy atom. The molecule has 0 atom stereocenters. The molecule has 20 heavy (non-hydrogen) atoms. The molecule has 3 rings (SSSR count). The molecule has 0 bridgehead atoms. The number of nitrogens with one attached hydrogen (secondary N) is 1. The maximum Gasteiger partial charge on any atom is 0.255 e. The molecule has 0 unspecified atom stereocenters. The Bertz CT molecular complexity index is 687. The molecule has 0 spiro atoms. The van der Waals surface area contributed by atoms with Crippen LogP contribution in [0.2, 0.25) is 5.02 Å². The van der Waals surface area contributed by atoms with Gasteiger partial charge in [-0.05, 0) is 24.3 Å². The molecule has 5 nitrogen and oxygen atoms in total. The van der Waals surface area contributed by atoms with Crippen molar-refractivity contribution in [2.45, 2.75) is 0 Å². The van der Waals surface area contributed by atoms with Gasteiger partial charge in [0.15, 0.2) is 11.5 Å². The average molecular weight is 292 g/mol. The fourth-order valence-corrected chi connectivity index (χ4v) is 2.15. The molecular formula is C14H10ClNO4. The third kappa shape index (κ3) is 2.35. The second-order valence-electron chi connectivity index (χ2n) is 4.20. The maximum absolute atomic E-state index is 12.1. The number of fused-ring (bicyclic) bond motifs is 1. The van der Waals surface area contributed by atoms with Crippen LogP contribution in [0.1, 0.15) is 10.4 Å². The summed E-state index contributed by atoms with van der Waals surface area (Å²) in [6, 6.07) is 9.35. The molecule has 0 radical (unpaired) electrons. The number of aromatic hydroxyl groups is 1. The molecule has 0 saturated heterocycles. The van der Waals surface area contributed by atoms with Crippen LogP contribution >= 0.6 is 11.6 Å². The molecule has 1 aliphatic rings. The van der Waals surface area contributed by atoms with E-state index in [4.69, 9.17) is 21.1 Å². The molecule has 1 amide bonds. The zero-order valence-corrected chi connectivity index (χ0v) is 11.0. The van der Waals surface area contributed by atoms with Crippen LogP contribution in [0.25, 0.3) is 0 Å². The zero-order valence-electron chi connectivity index (χ0n) is 10.2. The van der Waals surface area contributed by atoms with Gasteiger partial charge >= 0.3 is 0 Å². The van der Waals surface area contributed by atoms with Crippen LogP contribution in [-0.2, 0) is 0 Å². The number of carbonyl (C=O) groups is 1. The summed E-state index contributed by atoms with van der Waals surface area (Å²) in [4.78, 5) is 12.1. The fourth-order valence-electron chi connectivity index (χ4n) is 1.89. The van der Waals surface area contributed by atoms with E-state index in [-0.39, 0.29) is 18.4 Å². The summed E-state index contributed by atoms with van der Waals surface area (Å²) in [5.74, 6) is 0.612. The second kappa shape index (κ2) is 4.94. The summed E-state index contributed by atoms with van der Waals surface area (Å²) in [5, 5.41) is 12.3. The second-order valence-corrected chi connectivity index (χ2v) is 4.60. The first kappa shape index (κ1) is 12.6. The summed E-state index contributed by atoms with van der Waals surface area (Å²) in [7, 11) is 0. The summed E-state index contributed by atoms with van der Waals surface area (Å²) in [5.41, 5.74) is 0.839. The summed E-state index contributed by atoms with van der Waals surface area (Å²) < 4.78 is 10.4. The van der Waals surface area contributed by atoms with E-state index in [2.05, 4.69) is 5.32 Å². The lowest BCUT2D eigenvalue weighted by Gasteiger charge is -2.07. The standard InChI is InChI=1S/C14H10ClNO4/c15-11-4-8(5-12-13(11)20-7-19-12)14(18)16-9-2-1-3-10(17)6-9/h1-6,17H,7H2,(H,16,18). The number of anilines is 1. The largest absolute Gasteiger partial charge is 0.508 e. The van der Waals surface area contributed by atoms with Crippen molar-refractivity contribution in [2.24, 2.45) is 0 Å². The van der Waals surface area contributed by atoms with E-state index in [1.165, 1.54) is 18.2 Å². The lowest BCUT2D eigenvalue weighted by atomic mass is 10.2. The number of benzene rings is 2. The van der Waals surface area contributed by atoms with Gasteiger partial charge in [-0.2, -0.15) is 0 Å². The highest BCUT2D eigenvalue weighted by atomic mass is 35.5. The summed E-state index contributed by atoms with van der Waals surface area (Å²) >= 11 is 6.02. The molecule has 2 aromatic rings. The predicted octanol–water partition coefficient (Wildman–Crippen LogP) is 3.03. The molecule has 0 saturated carbocycles. The third-order valence-corrected chi connectivity index (χ3v) is 3.07. The lowest BCUT2D eigenvalue weighted by Crippen LogP contribution is -2.11. The van der Waals surface area contributed by atoms with E-state index in [0.717, 1.165) is 0 Å². The number of hydrogen-bond acceptors (Lipinski definition) is 4. The van der Waals surface area contributed by atoms with Crippen LogP contribution in [0, 0.1) is 0 Å². The Hall–Kier alpha value is -2.40. The molecule has 1 aliphatic heterocycles. The van der Waals surface area contributed by atoms with Gasteiger partial charge in [-0.15, -0.1) is 0 Å². The first-order valence-electron chi connectivity index (χ1n) is 5.83. The highest BCUT2D eigenvalue weighted by Crippen LogP contribution is 2.39. The van der Waals surface area contributed by atoms with Crippen LogP contribution in [0.15, 0.2) is 36.4 Å². The molecule has 0 aliphatic carbocycles. The SMILES string of the molecule is O=C(Nc1cccc(O)c1)c1cc(Cl)c2c(c1)OCO2. The van der Waals surface area contributed by atoms with Crippen LogP contribution in [0.3, 0.4) is 0 Å². The van der Waals surface area contributed by atoms with Crippen molar-refractivity contribution in [3.05, 3.63) is 47.0 Å². The number of ether oxygens (including phenoxy) is 2. The van der Waals surface area contributed by atoms with Gasteiger partial charge in [-0.3, -0.25) is 4.79 Å². The minimum Gasteiger partial charge on any atom is -0.508 e. The summed E-state index contributed by atoms with van der Waals surface area (Å²) in [6.45, 7) is 0.0900. The molecule has 0 fully saturated rings. The number of amides is 1. The van der Waals surface area contributed by atoms with Gasteiger partial charge in [0, 0.05) is 17.3 Å². The molecule has 2 N–H and O–H groups in total. The van der Waals surface area contributed by atoms with Gasteiger partial charge < -0.3 is 19.9 Å². The van der Waals surface area contributed by atoms with Crippen molar-refractivity contribution in [3.8, 4) is 17.2 Å². The Balaban J connectivity index is 1.86. The number of rotatable bonds is 2. The summed E-state index contributed by atoms with van der Waals surface area (Å²) in [6.07, 6.45) is 0. The van der Waals surface area contributed by atoms with E-state index >= 15 is 0 Å². The molecule has 1 heterocycles. The van der Waals surface area contributed by atoms with Crippen LogP contribution in [0.5, 0.6) is 17.2 Å². The van der Waals surface area contributed by atoms with E-state index < -0.39 is 0 Å². The number of phenols is 1. The van der Waals surface area contributed by atoms with Crippen molar-refractivity contribution < 1.29 is 19.4 Å². The van der Waals surface area contributed by atoms with Crippen molar-refractivity contribution in [1.29, 1.82) is 0 Å². The number of phenolic OH excluding ortho intramolecular Hbond substituents is 1. The molecule has 0 aromatic heterocycles. The average Bonchev–Trinajstić information content (AvgIpc) is 2.87. The van der Waals surface area contributed by atoms with Crippen molar-refractivity contribution in [1.82, 2.24) is 0 Å². The number of carbonyl (C=O) groups excluding carboxylic acids is 1. The topological polar surface area (TPSA) is 67.8 Å². The Morgan fingerprint density at radius 3 is 2.90 bits per heavy atom. The molecule has 2 aromatic carbocycles. The molecule has 6 heteroatoms. The van der Waals surface area contributed by atoms with Gasteiger partial charge in [0.1, 0.15) is 5.75 Å². The fraction of sp³-hybridized carbons (Fsp3) is 0.0714. The minimum atomic E-state index is -0.351. The third-order valence-electron chi connectivity index (χ3n) is 2.79. The van der Waals surface area contributed by atoms with E-state index in [0.29, 0.717) is 27.8 Å². The van der Waals surface area contributed by atoms with Crippen LogP contribution in [0.4, 0.5) is 5.69 Å². The minimum absolute atomic E-state index is 0.0755. The van der Waals surface area contributed by atoms with E-state index in [1.54, 1.807) is 18.2 Å². The highest BCUT2D eigenvalue weighted by molar-refractivity contribution is 6.32. The first-order valence-corrected chi connectivity index (χ1v) is 6.21. The normalized spacial score (nSPS) is 12.2. The van der Waals surface area contributed by atoms with Gasteiger partial charge in [-0.1, -0.05) is 17.7 Å². The van der Waals surface area contributed by atoms with Crippen molar-refractivity contribution in [3.63, 3.8) is 0 Å². The van der Waals surface area contributed by atoms with E-state index in [1.807, 2.05) is 0 Å². The Morgan fingerprint density at radius 2 is 2.10 bits per heavy atom. The van der Waals surface area contributed by atoms with Crippen molar-refractivity contribution in [2.75, 3.05) is 12.1 Å². The molecule has 102 valence electrons. The Kier molecular flexibility index (Phi) is 3.12. The first-order chi connectivity index (χ1) is 9.63. The smallest absolute Gasteiger partial charge is 0.255 e. The Labute approximate surface area is 119 Å². The quantitative estimate of drug-likeness (QED) is 0.892. The molecular weight excluding hydrogens is 282 g/mol. The van der Waals surface area contributed by atoms with Gasteiger partial charge in [0.25, 0.3) is 5.91 Å². The monoisotopic (exact) mass is 291 g/mol. The van der Waals surface area contributed by atoms with E-state index in [9.17, 15) is 9.90 Å². The van der Waals surface area contributed by atoms with Gasteiger partial charge in [0.2, 0.25) is 6.79 Å². The van der Waals surface area contributed by atoms with Gasteiger partial charge in [0.05, 0.1) is 5.02 Å². The number of halogens is 1. The number of hydrogen-bond donors (Lipinski definition) is 2. The van der Waals surface area contributed by atoms with Crippen LogP contribution in [-0.4, -0.2) is 17.8 Å². The van der Waals surface area contributed by atoms with Crippen molar-refractivity contribution >= 4 is 23.2 Å². The highest BCUT2D eigenvalue weighted by Gasteiger charge is 2.20.